The SMILES string of the molecule is CCC(C)c1ccc(OCC(=O)Nc2ccc(OC)cc2[N+](=O)[O-])cc1. The second-order valence-corrected chi connectivity index (χ2v) is 5.86. The van der Waals surface area contributed by atoms with Crippen LogP contribution < -0.4 is 14.8 Å². The Morgan fingerprint density at radius 2 is 1.85 bits per heavy atom. The maximum Gasteiger partial charge on any atom is 0.296 e. The summed E-state index contributed by atoms with van der Waals surface area (Å²) in [6.07, 6.45) is 1.04. The van der Waals surface area contributed by atoms with Gasteiger partial charge >= 0.3 is 0 Å². The van der Waals surface area contributed by atoms with E-state index in [1.165, 1.54) is 30.9 Å². The topological polar surface area (TPSA) is 90.7 Å². The zero-order chi connectivity index (χ0) is 19.1. The second-order valence-electron chi connectivity index (χ2n) is 5.86. The number of nitrogens with one attached hydrogen (secondary N) is 1. The molecule has 2 aromatic carbocycles. The monoisotopic (exact) mass is 358 g/mol. The Kier molecular flexibility index (Phi) is 6.54. The van der Waals surface area contributed by atoms with Crippen LogP contribution in [0.25, 0.3) is 0 Å². The van der Waals surface area contributed by atoms with Crippen molar-refractivity contribution in [2.24, 2.45) is 0 Å². The van der Waals surface area contributed by atoms with E-state index in [2.05, 4.69) is 19.2 Å². The lowest BCUT2D eigenvalue weighted by Gasteiger charge is -2.11. The zero-order valence-electron chi connectivity index (χ0n) is 15.0. The number of hydrogen-bond donors (Lipinski definition) is 1. The molecule has 0 spiro atoms. The van der Waals surface area contributed by atoms with Gasteiger partial charge in [-0.05, 0) is 42.2 Å². The molecule has 1 amide bonds. The molecular formula is C19H22N2O5. The summed E-state index contributed by atoms with van der Waals surface area (Å²) in [5.41, 5.74) is 1.06. The molecule has 1 atom stereocenters. The summed E-state index contributed by atoms with van der Waals surface area (Å²) >= 11 is 0. The average Bonchev–Trinajstić information content (AvgIpc) is 2.66. The van der Waals surface area contributed by atoms with Gasteiger partial charge in [0.1, 0.15) is 17.2 Å². The van der Waals surface area contributed by atoms with Crippen LogP contribution >= 0.6 is 0 Å². The van der Waals surface area contributed by atoms with Crippen LogP contribution in [0.2, 0.25) is 0 Å². The van der Waals surface area contributed by atoms with E-state index in [-0.39, 0.29) is 18.0 Å². The summed E-state index contributed by atoms with van der Waals surface area (Å²) in [6, 6.07) is 11.8. The third kappa shape index (κ3) is 4.95. The minimum atomic E-state index is -0.577. The van der Waals surface area contributed by atoms with Crippen LogP contribution in [0.3, 0.4) is 0 Å². The molecule has 0 radical (unpaired) electrons. The van der Waals surface area contributed by atoms with E-state index in [0.29, 0.717) is 17.4 Å². The molecule has 0 aliphatic heterocycles. The van der Waals surface area contributed by atoms with Crippen molar-refractivity contribution in [3.63, 3.8) is 0 Å². The first-order chi connectivity index (χ1) is 12.4. The molecule has 1 unspecified atom stereocenters. The summed E-state index contributed by atoms with van der Waals surface area (Å²) in [7, 11) is 1.41. The van der Waals surface area contributed by atoms with Crippen molar-refractivity contribution in [3.05, 3.63) is 58.1 Å². The van der Waals surface area contributed by atoms with Crippen molar-refractivity contribution in [1.82, 2.24) is 0 Å². The fraction of sp³-hybridized carbons (Fsp3) is 0.316. The van der Waals surface area contributed by atoms with Crippen LogP contribution in [0.1, 0.15) is 31.7 Å². The summed E-state index contributed by atoms with van der Waals surface area (Å²) in [4.78, 5) is 22.6. The van der Waals surface area contributed by atoms with Crippen LogP contribution in [0.4, 0.5) is 11.4 Å². The molecule has 7 heteroatoms. The van der Waals surface area contributed by atoms with E-state index in [1.807, 2.05) is 24.3 Å². The first kappa shape index (κ1) is 19.2. The molecule has 1 N–H and O–H groups in total. The predicted octanol–water partition coefficient (Wildman–Crippen LogP) is 4.13. The van der Waals surface area contributed by atoms with E-state index in [9.17, 15) is 14.9 Å². The maximum absolute atomic E-state index is 12.0. The third-order valence-corrected chi connectivity index (χ3v) is 4.11. The number of ether oxygens (including phenoxy) is 2. The Bertz CT molecular complexity index is 774. The molecule has 2 aromatic rings. The summed E-state index contributed by atoms with van der Waals surface area (Å²) < 4.78 is 10.4. The van der Waals surface area contributed by atoms with Crippen LogP contribution in [-0.4, -0.2) is 24.5 Å². The van der Waals surface area contributed by atoms with Crippen molar-refractivity contribution >= 4 is 17.3 Å². The molecule has 138 valence electrons. The van der Waals surface area contributed by atoms with E-state index >= 15 is 0 Å². The van der Waals surface area contributed by atoms with Gasteiger partial charge in [0.15, 0.2) is 6.61 Å². The number of benzene rings is 2. The summed E-state index contributed by atoms with van der Waals surface area (Å²) in [6.45, 7) is 4.02. The van der Waals surface area contributed by atoms with Crippen LogP contribution in [0.15, 0.2) is 42.5 Å². The minimum Gasteiger partial charge on any atom is -0.496 e. The van der Waals surface area contributed by atoms with Gasteiger partial charge in [-0.15, -0.1) is 0 Å². The molecule has 0 saturated heterocycles. The van der Waals surface area contributed by atoms with Crippen LogP contribution in [-0.2, 0) is 4.79 Å². The normalized spacial score (nSPS) is 11.5. The van der Waals surface area contributed by atoms with Crippen LogP contribution in [0.5, 0.6) is 11.5 Å². The quantitative estimate of drug-likeness (QED) is 0.566. The summed E-state index contributed by atoms with van der Waals surface area (Å²) in [5.74, 6) is 0.885. The average molecular weight is 358 g/mol. The Hall–Kier alpha value is -3.09. The Morgan fingerprint density at radius 1 is 1.19 bits per heavy atom. The lowest BCUT2D eigenvalue weighted by atomic mass is 9.99. The number of carbonyl (C=O) groups excluding carboxylic acids is 1. The Labute approximate surface area is 152 Å². The molecule has 0 saturated carbocycles. The molecule has 0 aromatic heterocycles. The van der Waals surface area contributed by atoms with Gasteiger partial charge in [-0.3, -0.25) is 14.9 Å². The van der Waals surface area contributed by atoms with Gasteiger partial charge in [0.2, 0.25) is 0 Å². The molecule has 0 heterocycles. The molecule has 7 nitrogen and oxygen atoms in total. The molecule has 0 aliphatic carbocycles. The number of nitrogens with zero attached hydrogens (tertiary/aromatic N) is 1. The first-order valence-corrected chi connectivity index (χ1v) is 8.29. The summed E-state index contributed by atoms with van der Waals surface area (Å²) in [5, 5.41) is 13.6. The molecule has 0 bridgehead atoms. The van der Waals surface area contributed by atoms with Crippen LogP contribution in [0, 0.1) is 10.1 Å². The van der Waals surface area contributed by atoms with E-state index in [4.69, 9.17) is 9.47 Å². The molecule has 2 rings (SSSR count). The molecular weight excluding hydrogens is 336 g/mol. The standard InChI is InChI=1S/C19H22N2O5/c1-4-13(2)14-5-7-15(8-6-14)26-12-19(22)20-17-10-9-16(25-3)11-18(17)21(23)24/h5-11,13H,4,12H2,1-3H3,(H,20,22). The largest absolute Gasteiger partial charge is 0.496 e. The smallest absolute Gasteiger partial charge is 0.296 e. The number of methoxy groups -OCH3 is 1. The number of anilines is 1. The molecule has 0 aliphatic rings. The van der Waals surface area contributed by atoms with E-state index < -0.39 is 10.8 Å². The van der Waals surface area contributed by atoms with Crippen molar-refractivity contribution in [2.75, 3.05) is 19.0 Å². The number of carbonyl (C=O) groups is 1. The van der Waals surface area contributed by atoms with Gasteiger partial charge in [0.05, 0.1) is 18.1 Å². The van der Waals surface area contributed by atoms with Gasteiger partial charge in [-0.25, -0.2) is 0 Å². The fourth-order valence-corrected chi connectivity index (χ4v) is 2.36. The van der Waals surface area contributed by atoms with Gasteiger partial charge < -0.3 is 14.8 Å². The van der Waals surface area contributed by atoms with Crippen molar-refractivity contribution in [2.45, 2.75) is 26.2 Å². The van der Waals surface area contributed by atoms with Crippen molar-refractivity contribution in [3.8, 4) is 11.5 Å². The van der Waals surface area contributed by atoms with Crippen molar-refractivity contribution in [1.29, 1.82) is 0 Å². The highest BCUT2D eigenvalue weighted by Crippen LogP contribution is 2.29. The highest BCUT2D eigenvalue weighted by atomic mass is 16.6. The predicted molar refractivity (Wildman–Crippen MR) is 98.9 cm³/mol. The van der Waals surface area contributed by atoms with Gasteiger partial charge in [-0.1, -0.05) is 26.0 Å². The second kappa shape index (κ2) is 8.84. The van der Waals surface area contributed by atoms with Gasteiger partial charge in [0.25, 0.3) is 11.6 Å². The Morgan fingerprint density at radius 3 is 2.42 bits per heavy atom. The molecule has 0 fully saturated rings. The fourth-order valence-electron chi connectivity index (χ4n) is 2.36. The number of amides is 1. The third-order valence-electron chi connectivity index (χ3n) is 4.11. The lowest BCUT2D eigenvalue weighted by Crippen LogP contribution is -2.20. The first-order valence-electron chi connectivity index (χ1n) is 8.29. The van der Waals surface area contributed by atoms with Crippen molar-refractivity contribution < 1.29 is 19.2 Å². The van der Waals surface area contributed by atoms with Gasteiger partial charge in [0, 0.05) is 0 Å². The Balaban J connectivity index is 1.98. The number of nitro groups is 1. The highest BCUT2D eigenvalue weighted by Gasteiger charge is 2.17. The number of nitro benzene ring substituents is 1. The maximum atomic E-state index is 12.0. The number of hydrogen-bond acceptors (Lipinski definition) is 5. The van der Waals surface area contributed by atoms with E-state index in [0.717, 1.165) is 6.42 Å². The highest BCUT2D eigenvalue weighted by molar-refractivity contribution is 5.94. The zero-order valence-corrected chi connectivity index (χ0v) is 15.0. The minimum absolute atomic E-state index is 0.0940. The van der Waals surface area contributed by atoms with E-state index in [1.54, 1.807) is 0 Å². The number of rotatable bonds is 8. The van der Waals surface area contributed by atoms with Gasteiger partial charge in [-0.2, -0.15) is 0 Å². The molecule has 26 heavy (non-hydrogen) atoms. The lowest BCUT2D eigenvalue weighted by molar-refractivity contribution is -0.384.